The monoisotopic (exact) mass is 298 g/mol. The van der Waals surface area contributed by atoms with Crippen LogP contribution in [0.3, 0.4) is 0 Å². The normalized spacial score (nSPS) is 16.1. The summed E-state index contributed by atoms with van der Waals surface area (Å²) >= 11 is 0. The molecule has 1 aromatic heterocycles. The highest BCUT2D eigenvalue weighted by atomic mass is 16.5. The largest absolute Gasteiger partial charge is 0.427 e. The van der Waals surface area contributed by atoms with E-state index in [1.54, 1.807) is 31.2 Å². The van der Waals surface area contributed by atoms with Gasteiger partial charge >= 0.3 is 11.6 Å². The van der Waals surface area contributed by atoms with Crippen molar-refractivity contribution in [3.05, 3.63) is 74.8 Å². The number of aliphatic hydroxyl groups is 1. The molecule has 22 heavy (non-hydrogen) atoms. The van der Waals surface area contributed by atoms with Gasteiger partial charge in [0.15, 0.2) is 0 Å². The molecular formula is C17H14O5. The summed E-state index contributed by atoms with van der Waals surface area (Å²) in [6, 6.07) is 8.40. The van der Waals surface area contributed by atoms with Crippen LogP contribution in [0.4, 0.5) is 0 Å². The number of carbonyl (C=O) groups is 1. The summed E-state index contributed by atoms with van der Waals surface area (Å²) < 4.78 is 10.3. The van der Waals surface area contributed by atoms with Crippen LogP contribution in [0.25, 0.3) is 5.76 Å². The van der Waals surface area contributed by atoms with Crippen LogP contribution in [-0.2, 0) is 4.74 Å². The molecule has 1 atom stereocenters. The lowest BCUT2D eigenvalue weighted by Crippen LogP contribution is -2.12. The molecule has 1 aliphatic rings. The lowest BCUT2D eigenvalue weighted by atomic mass is 10.1. The Kier molecular flexibility index (Phi) is 3.42. The molecule has 0 radical (unpaired) electrons. The fourth-order valence-electron chi connectivity index (χ4n) is 2.60. The zero-order chi connectivity index (χ0) is 15.9. The first kappa shape index (κ1) is 14.3. The quantitative estimate of drug-likeness (QED) is 0.862. The van der Waals surface area contributed by atoms with Crippen LogP contribution in [0.1, 0.15) is 38.9 Å². The molecule has 1 heterocycles. The van der Waals surface area contributed by atoms with Crippen LogP contribution in [0.15, 0.2) is 45.6 Å². The molecule has 1 N–H and O–H groups in total. The van der Waals surface area contributed by atoms with Gasteiger partial charge in [0.2, 0.25) is 0 Å². The van der Waals surface area contributed by atoms with Crippen LogP contribution in [0, 0.1) is 13.8 Å². The van der Waals surface area contributed by atoms with E-state index in [1.807, 2.05) is 0 Å². The summed E-state index contributed by atoms with van der Waals surface area (Å²) in [6.45, 7) is 3.18. The van der Waals surface area contributed by atoms with Crippen LogP contribution >= 0.6 is 0 Å². The Morgan fingerprint density at radius 3 is 2.73 bits per heavy atom. The zero-order valence-electron chi connectivity index (χ0n) is 12.1. The third-order valence-electron chi connectivity index (χ3n) is 3.60. The predicted molar refractivity (Wildman–Crippen MR) is 79.2 cm³/mol. The van der Waals surface area contributed by atoms with Crippen LogP contribution in [0.2, 0.25) is 0 Å². The average molecular weight is 298 g/mol. The predicted octanol–water partition coefficient (Wildman–Crippen LogP) is 2.50. The van der Waals surface area contributed by atoms with Crippen molar-refractivity contribution >= 4 is 11.7 Å². The van der Waals surface area contributed by atoms with E-state index < -0.39 is 17.7 Å². The fourth-order valence-corrected chi connectivity index (χ4v) is 2.60. The smallest absolute Gasteiger partial charge is 0.347 e. The second kappa shape index (κ2) is 5.27. The summed E-state index contributed by atoms with van der Waals surface area (Å²) in [7, 11) is 0. The highest BCUT2D eigenvalue weighted by Crippen LogP contribution is 2.35. The number of esters is 1. The Morgan fingerprint density at radius 2 is 2.00 bits per heavy atom. The van der Waals surface area contributed by atoms with Gasteiger partial charge in [0, 0.05) is 11.6 Å². The fraction of sp³-hybridized carbons (Fsp3) is 0.176. The van der Waals surface area contributed by atoms with Crippen molar-refractivity contribution in [2.24, 2.45) is 0 Å². The summed E-state index contributed by atoms with van der Waals surface area (Å²) in [5.41, 5.74) is 1.58. The molecule has 1 aromatic carbocycles. The number of hydrogen-bond donors (Lipinski definition) is 1. The van der Waals surface area contributed by atoms with Gasteiger partial charge in [0.05, 0.1) is 0 Å². The summed E-state index contributed by atoms with van der Waals surface area (Å²) in [5, 5.41) is 9.95. The number of carbonyl (C=O) groups excluding carboxylic acids is 1. The maximum absolute atomic E-state index is 12.4. The van der Waals surface area contributed by atoms with E-state index in [0.29, 0.717) is 22.4 Å². The highest BCUT2D eigenvalue weighted by Gasteiger charge is 2.26. The van der Waals surface area contributed by atoms with Crippen molar-refractivity contribution in [2.75, 3.05) is 0 Å². The van der Waals surface area contributed by atoms with Crippen LogP contribution < -0.4 is 5.63 Å². The summed E-state index contributed by atoms with van der Waals surface area (Å²) in [6.07, 6.45) is 0.682. The maximum atomic E-state index is 12.4. The number of benzene rings is 1. The Hall–Kier alpha value is -2.66. The molecule has 0 amide bonds. The Morgan fingerprint density at radius 1 is 1.27 bits per heavy atom. The lowest BCUT2D eigenvalue weighted by Gasteiger charge is -2.09. The minimum Gasteiger partial charge on any atom is -0.427 e. The van der Waals surface area contributed by atoms with E-state index in [0.717, 1.165) is 0 Å². The standard InChI is InChI=1S/C17H14O5/c1-9-7-15(19)21-10(2)16(9)17(20)22-14-8-13(18)11-5-3-4-6-12(11)14/h3-8,13,18H,1-2H3. The topological polar surface area (TPSA) is 76.7 Å². The van der Waals surface area contributed by atoms with Crippen molar-refractivity contribution in [1.82, 2.24) is 0 Å². The lowest BCUT2D eigenvalue weighted by molar-refractivity contribution is 0.0686. The van der Waals surface area contributed by atoms with Gasteiger partial charge in [-0.15, -0.1) is 0 Å². The van der Waals surface area contributed by atoms with Crippen molar-refractivity contribution < 1.29 is 19.1 Å². The van der Waals surface area contributed by atoms with Gasteiger partial charge in [-0.25, -0.2) is 9.59 Å². The third-order valence-corrected chi connectivity index (χ3v) is 3.60. The molecule has 0 aliphatic heterocycles. The van der Waals surface area contributed by atoms with Crippen molar-refractivity contribution in [3.63, 3.8) is 0 Å². The van der Waals surface area contributed by atoms with Crippen LogP contribution in [0.5, 0.6) is 0 Å². The van der Waals surface area contributed by atoms with Gasteiger partial charge in [-0.3, -0.25) is 0 Å². The SMILES string of the molecule is Cc1cc(=O)oc(C)c1C(=O)OC1=CC(O)c2ccccc21. The van der Waals surface area contributed by atoms with E-state index in [1.165, 1.54) is 19.1 Å². The first-order chi connectivity index (χ1) is 10.5. The second-order valence-corrected chi connectivity index (χ2v) is 5.13. The van der Waals surface area contributed by atoms with E-state index in [9.17, 15) is 14.7 Å². The molecule has 112 valence electrons. The molecular weight excluding hydrogens is 284 g/mol. The number of rotatable bonds is 2. The Balaban J connectivity index is 1.94. The molecule has 5 nitrogen and oxygen atoms in total. The molecule has 0 bridgehead atoms. The van der Waals surface area contributed by atoms with Crippen molar-refractivity contribution in [3.8, 4) is 0 Å². The molecule has 1 unspecified atom stereocenters. The van der Waals surface area contributed by atoms with E-state index in [4.69, 9.17) is 9.15 Å². The van der Waals surface area contributed by atoms with Gasteiger partial charge in [0.25, 0.3) is 0 Å². The number of aliphatic hydroxyl groups excluding tert-OH is 1. The first-order valence-electron chi connectivity index (χ1n) is 6.80. The van der Waals surface area contributed by atoms with Gasteiger partial charge < -0.3 is 14.3 Å². The molecule has 0 saturated heterocycles. The maximum Gasteiger partial charge on any atom is 0.347 e. The minimum absolute atomic E-state index is 0.211. The highest BCUT2D eigenvalue weighted by molar-refractivity contribution is 5.95. The van der Waals surface area contributed by atoms with Crippen molar-refractivity contribution in [2.45, 2.75) is 20.0 Å². The summed E-state index contributed by atoms with van der Waals surface area (Å²) in [4.78, 5) is 23.6. The van der Waals surface area contributed by atoms with E-state index >= 15 is 0 Å². The van der Waals surface area contributed by atoms with E-state index in [2.05, 4.69) is 0 Å². The molecule has 1 aliphatic carbocycles. The zero-order valence-corrected chi connectivity index (χ0v) is 12.1. The number of fused-ring (bicyclic) bond motifs is 1. The Bertz CT molecular complexity index is 818. The molecule has 2 aromatic rings. The van der Waals surface area contributed by atoms with Gasteiger partial charge in [-0.2, -0.15) is 0 Å². The molecule has 0 fully saturated rings. The number of hydrogen-bond acceptors (Lipinski definition) is 5. The summed E-state index contributed by atoms with van der Waals surface area (Å²) in [5.74, 6) is -0.102. The number of aryl methyl sites for hydroxylation is 2. The molecule has 0 spiro atoms. The molecule has 5 heteroatoms. The first-order valence-corrected chi connectivity index (χ1v) is 6.80. The van der Waals surface area contributed by atoms with Crippen molar-refractivity contribution in [1.29, 1.82) is 0 Å². The molecule has 0 saturated carbocycles. The average Bonchev–Trinajstić information content (AvgIpc) is 2.75. The minimum atomic E-state index is -0.796. The van der Waals surface area contributed by atoms with Gasteiger partial charge in [-0.05, 0) is 31.1 Å². The second-order valence-electron chi connectivity index (χ2n) is 5.13. The number of ether oxygens (including phenoxy) is 1. The Labute approximate surface area is 126 Å². The van der Waals surface area contributed by atoms with Gasteiger partial charge in [0.1, 0.15) is 23.2 Å². The van der Waals surface area contributed by atoms with E-state index in [-0.39, 0.29) is 11.3 Å². The van der Waals surface area contributed by atoms with Crippen LogP contribution in [-0.4, -0.2) is 11.1 Å². The molecule has 3 rings (SSSR count). The third kappa shape index (κ3) is 2.35. The van der Waals surface area contributed by atoms with Gasteiger partial charge in [-0.1, -0.05) is 24.3 Å².